The number of carbonyl (C=O) groups is 1. The second-order valence-electron chi connectivity index (χ2n) is 4.72. The molecule has 10 heteroatoms. The van der Waals surface area contributed by atoms with Crippen molar-refractivity contribution in [1.29, 1.82) is 0 Å². The Bertz CT molecular complexity index is 617. The van der Waals surface area contributed by atoms with E-state index in [2.05, 4.69) is 15.1 Å². The Morgan fingerprint density at radius 3 is 2.55 bits per heavy atom. The number of nitrogens with two attached hydrogens (primary N) is 2. The quantitative estimate of drug-likeness (QED) is 0.423. The van der Waals surface area contributed by atoms with Crippen LogP contribution in [0, 0.1) is 5.41 Å². The Hall–Kier alpha value is -1.42. The number of hydrogen-bond acceptors (Lipinski definition) is 6. The molecule has 1 aromatic rings. The zero-order valence-corrected chi connectivity index (χ0v) is 12.5. The van der Waals surface area contributed by atoms with Gasteiger partial charge >= 0.3 is 0 Å². The summed E-state index contributed by atoms with van der Waals surface area (Å²) in [6.07, 6.45) is 1.10. The molecular formula is C10H16ClN5O3S. The fraction of sp³-hybridized carbons (Fsp3) is 0.400. The molecule has 0 unspecified atom stereocenters. The number of halogens is 1. The first-order valence-electron chi connectivity index (χ1n) is 5.52. The third-order valence-corrected chi connectivity index (χ3v) is 4.29. The third kappa shape index (κ3) is 3.79. The van der Waals surface area contributed by atoms with Gasteiger partial charge in [-0.15, -0.1) is 0 Å². The molecule has 112 valence electrons. The van der Waals surface area contributed by atoms with Gasteiger partial charge in [0.05, 0.1) is 10.4 Å². The molecule has 0 spiro atoms. The molecule has 0 radical (unpaired) electrons. The number of nitrogens with zero attached hydrogens (tertiary/aromatic N) is 1. The van der Waals surface area contributed by atoms with Gasteiger partial charge in [-0.2, -0.15) is 0 Å². The van der Waals surface area contributed by atoms with E-state index in [4.69, 9.17) is 23.2 Å². The highest BCUT2D eigenvalue weighted by atomic mass is 35.5. The first kappa shape index (κ1) is 16.6. The second kappa shape index (κ2) is 5.92. The predicted octanol–water partition coefficient (Wildman–Crippen LogP) is -0.190. The van der Waals surface area contributed by atoms with Crippen molar-refractivity contribution in [3.05, 3.63) is 17.3 Å². The van der Waals surface area contributed by atoms with Crippen LogP contribution in [0.5, 0.6) is 0 Å². The number of carbonyl (C=O) groups excluding carboxylic acids is 1. The molecule has 0 bridgehead atoms. The molecule has 0 saturated carbocycles. The first-order valence-corrected chi connectivity index (χ1v) is 7.38. The molecule has 0 saturated heterocycles. The summed E-state index contributed by atoms with van der Waals surface area (Å²) in [4.78, 5) is 14.8. The Balaban J connectivity index is 2.95. The van der Waals surface area contributed by atoms with Crippen LogP contribution in [0.3, 0.4) is 0 Å². The van der Waals surface area contributed by atoms with E-state index in [1.54, 1.807) is 0 Å². The molecule has 0 aliphatic heterocycles. The van der Waals surface area contributed by atoms with Crippen LogP contribution in [0.2, 0.25) is 5.02 Å². The summed E-state index contributed by atoms with van der Waals surface area (Å²) in [7, 11) is -3.85. The fourth-order valence-electron chi connectivity index (χ4n) is 1.12. The van der Waals surface area contributed by atoms with E-state index < -0.39 is 21.3 Å². The number of aromatic nitrogens is 1. The van der Waals surface area contributed by atoms with Gasteiger partial charge in [0.2, 0.25) is 15.9 Å². The lowest BCUT2D eigenvalue weighted by Gasteiger charge is -2.20. The number of amides is 1. The predicted molar refractivity (Wildman–Crippen MR) is 75.2 cm³/mol. The zero-order valence-electron chi connectivity index (χ0n) is 11.0. The lowest BCUT2D eigenvalue weighted by molar-refractivity contribution is -0.125. The van der Waals surface area contributed by atoms with Crippen molar-refractivity contribution >= 4 is 33.3 Å². The molecule has 0 atom stereocenters. The van der Waals surface area contributed by atoms with Crippen molar-refractivity contribution in [2.24, 2.45) is 17.0 Å². The summed E-state index contributed by atoms with van der Waals surface area (Å²) in [6.45, 7) is 2.92. The van der Waals surface area contributed by atoms with Crippen molar-refractivity contribution in [1.82, 2.24) is 9.71 Å². The van der Waals surface area contributed by atoms with Gasteiger partial charge in [-0.3, -0.25) is 4.79 Å². The number of nitrogen functional groups attached to an aromatic ring is 1. The molecule has 1 aromatic heterocycles. The monoisotopic (exact) mass is 321 g/mol. The number of pyridine rings is 1. The molecule has 0 fully saturated rings. The summed E-state index contributed by atoms with van der Waals surface area (Å²) in [5.74, 6) is 4.69. The van der Waals surface area contributed by atoms with Crippen LogP contribution in [0.4, 0.5) is 5.82 Å². The number of hydrogen-bond donors (Lipinski definition) is 4. The number of rotatable bonds is 6. The van der Waals surface area contributed by atoms with Crippen LogP contribution < -0.4 is 21.7 Å². The summed E-state index contributed by atoms with van der Waals surface area (Å²) in [5.41, 5.74) is 6.39. The molecule has 8 nitrogen and oxygen atoms in total. The maximum Gasteiger partial charge on any atom is 0.242 e. The highest BCUT2D eigenvalue weighted by Gasteiger charge is 2.27. The van der Waals surface area contributed by atoms with Crippen molar-refractivity contribution < 1.29 is 13.2 Å². The standard InChI is InChI=1S/C10H16ClN5O3S/c1-10(2,9(12)17)5-15-20(18,19)6-3-7(11)8(16-13)14-4-6/h3-4,15H,5,13H2,1-2H3,(H2,12,17)(H,14,16). The van der Waals surface area contributed by atoms with Crippen LogP contribution in [0.1, 0.15) is 13.8 Å². The number of sulfonamides is 1. The van der Waals surface area contributed by atoms with Crippen LogP contribution in [0.25, 0.3) is 0 Å². The fourth-order valence-corrected chi connectivity index (χ4v) is 2.59. The van der Waals surface area contributed by atoms with E-state index in [0.29, 0.717) is 0 Å². The zero-order chi connectivity index (χ0) is 15.6. The molecule has 0 aliphatic carbocycles. The molecular weight excluding hydrogens is 306 g/mol. The van der Waals surface area contributed by atoms with Gasteiger partial charge in [-0.25, -0.2) is 24.0 Å². The Kier molecular flexibility index (Phi) is 4.92. The van der Waals surface area contributed by atoms with Crippen molar-refractivity contribution in [2.45, 2.75) is 18.7 Å². The van der Waals surface area contributed by atoms with Crippen molar-refractivity contribution in [3.63, 3.8) is 0 Å². The highest BCUT2D eigenvalue weighted by molar-refractivity contribution is 7.89. The van der Waals surface area contributed by atoms with E-state index >= 15 is 0 Å². The second-order valence-corrected chi connectivity index (χ2v) is 6.89. The first-order chi connectivity index (χ1) is 9.10. The molecule has 1 heterocycles. The van der Waals surface area contributed by atoms with Crippen LogP contribution in [-0.2, 0) is 14.8 Å². The number of anilines is 1. The summed E-state index contributed by atoms with van der Waals surface area (Å²) < 4.78 is 26.4. The van der Waals surface area contributed by atoms with E-state index in [1.807, 2.05) is 0 Å². The van der Waals surface area contributed by atoms with E-state index in [0.717, 1.165) is 6.20 Å². The summed E-state index contributed by atoms with van der Waals surface area (Å²) in [5, 5.41) is 0.0598. The molecule has 0 aliphatic rings. The lowest BCUT2D eigenvalue weighted by atomic mass is 9.93. The SMILES string of the molecule is CC(C)(CNS(=O)(=O)c1cnc(NN)c(Cl)c1)C(N)=O. The average molecular weight is 322 g/mol. The molecule has 1 amide bonds. The Morgan fingerprint density at radius 2 is 2.10 bits per heavy atom. The van der Waals surface area contributed by atoms with Crippen LogP contribution >= 0.6 is 11.6 Å². The van der Waals surface area contributed by atoms with Crippen molar-refractivity contribution in [3.8, 4) is 0 Å². The lowest BCUT2D eigenvalue weighted by Crippen LogP contribution is -2.42. The number of hydrazine groups is 1. The Morgan fingerprint density at radius 1 is 1.50 bits per heavy atom. The minimum Gasteiger partial charge on any atom is -0.369 e. The van der Waals surface area contributed by atoms with Gasteiger partial charge in [0.1, 0.15) is 4.90 Å². The van der Waals surface area contributed by atoms with Gasteiger partial charge < -0.3 is 11.2 Å². The minimum absolute atomic E-state index is 0.0598. The maximum atomic E-state index is 12.0. The van der Waals surface area contributed by atoms with E-state index in [9.17, 15) is 13.2 Å². The Labute approximate surface area is 121 Å². The molecule has 0 aromatic carbocycles. The number of nitrogens with one attached hydrogen (secondary N) is 2. The molecule has 6 N–H and O–H groups in total. The average Bonchev–Trinajstić information content (AvgIpc) is 2.36. The normalized spacial score (nSPS) is 12.2. The van der Waals surface area contributed by atoms with Gasteiger partial charge in [0.15, 0.2) is 5.82 Å². The summed E-state index contributed by atoms with van der Waals surface area (Å²) >= 11 is 5.80. The van der Waals surface area contributed by atoms with Gasteiger partial charge in [0.25, 0.3) is 0 Å². The smallest absolute Gasteiger partial charge is 0.242 e. The number of primary amides is 1. The van der Waals surface area contributed by atoms with Crippen LogP contribution in [-0.4, -0.2) is 25.9 Å². The third-order valence-electron chi connectivity index (χ3n) is 2.63. The van der Waals surface area contributed by atoms with Gasteiger partial charge in [-0.1, -0.05) is 11.6 Å². The summed E-state index contributed by atoms with van der Waals surface area (Å²) in [6, 6.07) is 1.20. The van der Waals surface area contributed by atoms with Crippen molar-refractivity contribution in [2.75, 3.05) is 12.0 Å². The van der Waals surface area contributed by atoms with Gasteiger partial charge in [0, 0.05) is 12.7 Å². The minimum atomic E-state index is -3.85. The molecule has 1 rings (SSSR count). The maximum absolute atomic E-state index is 12.0. The van der Waals surface area contributed by atoms with Gasteiger partial charge in [-0.05, 0) is 19.9 Å². The van der Waals surface area contributed by atoms with Crippen LogP contribution in [0.15, 0.2) is 17.2 Å². The largest absolute Gasteiger partial charge is 0.369 e. The highest BCUT2D eigenvalue weighted by Crippen LogP contribution is 2.22. The topological polar surface area (TPSA) is 140 Å². The molecule has 20 heavy (non-hydrogen) atoms. The van der Waals surface area contributed by atoms with E-state index in [-0.39, 0.29) is 22.3 Å². The van der Waals surface area contributed by atoms with E-state index in [1.165, 1.54) is 19.9 Å².